The second-order valence-corrected chi connectivity index (χ2v) is 10.9. The van der Waals surface area contributed by atoms with Gasteiger partial charge in [0.1, 0.15) is 18.0 Å². The minimum absolute atomic E-state index is 0.0326. The number of sulfone groups is 1. The van der Waals surface area contributed by atoms with Gasteiger partial charge in [-0.15, -0.1) is 0 Å². The lowest BCUT2D eigenvalue weighted by atomic mass is 9.99. The third-order valence-corrected chi connectivity index (χ3v) is 7.94. The highest BCUT2D eigenvalue weighted by Crippen LogP contribution is 2.27. The molecule has 0 bridgehead atoms. The lowest BCUT2D eigenvalue weighted by Gasteiger charge is -2.30. The molecule has 0 aliphatic carbocycles. The number of piperidine rings is 1. The number of aromatic nitrogens is 1. The maximum Gasteiger partial charge on any atom is 0.242 e. The number of para-hydroxylation sites is 1. The highest BCUT2D eigenvalue weighted by molar-refractivity contribution is 7.92. The van der Waals surface area contributed by atoms with Crippen LogP contribution in [0.25, 0.3) is 10.9 Å². The minimum Gasteiger partial charge on any atom is -0.494 e. The zero-order valence-electron chi connectivity index (χ0n) is 20.1. The van der Waals surface area contributed by atoms with E-state index in [4.69, 9.17) is 4.74 Å². The Bertz CT molecular complexity index is 1310. The zero-order chi connectivity index (χ0) is 25.0. The molecule has 0 unspecified atom stereocenters. The van der Waals surface area contributed by atoms with Gasteiger partial charge in [-0.1, -0.05) is 25.1 Å². The van der Waals surface area contributed by atoms with Gasteiger partial charge < -0.3 is 19.5 Å². The molecule has 0 atom stereocenters. The zero-order valence-corrected chi connectivity index (χ0v) is 20.9. The first-order valence-corrected chi connectivity index (χ1v) is 13.5. The Kier molecular flexibility index (Phi) is 7.45. The summed E-state index contributed by atoms with van der Waals surface area (Å²) in [4.78, 5) is 27.4. The Labute approximate surface area is 205 Å². The fourth-order valence-electron chi connectivity index (χ4n) is 4.34. The molecule has 1 fully saturated rings. The largest absolute Gasteiger partial charge is 0.494 e. The molecule has 35 heavy (non-hydrogen) atoms. The average Bonchev–Trinajstić information content (AvgIpc) is 3.20. The number of ether oxygens (including phenoxy) is 1. The van der Waals surface area contributed by atoms with Crippen molar-refractivity contribution >= 4 is 38.2 Å². The fourth-order valence-corrected chi connectivity index (χ4v) is 5.71. The molecule has 9 heteroatoms. The highest BCUT2D eigenvalue weighted by Gasteiger charge is 2.26. The van der Waals surface area contributed by atoms with Crippen LogP contribution in [-0.2, 0) is 26.0 Å². The number of carbonyl (C=O) groups excluding carboxylic acids is 2. The smallest absolute Gasteiger partial charge is 0.242 e. The van der Waals surface area contributed by atoms with E-state index in [0.29, 0.717) is 34.9 Å². The molecular weight excluding hydrogens is 466 g/mol. The van der Waals surface area contributed by atoms with Crippen LogP contribution in [0.15, 0.2) is 59.6 Å². The Morgan fingerprint density at radius 1 is 1.06 bits per heavy atom. The number of benzene rings is 2. The fraction of sp³-hybridized carbons (Fsp3) is 0.385. The maximum absolute atomic E-state index is 13.2. The van der Waals surface area contributed by atoms with Crippen LogP contribution in [0, 0.1) is 5.92 Å². The highest BCUT2D eigenvalue weighted by atomic mass is 32.2. The second kappa shape index (κ2) is 10.5. The lowest BCUT2D eigenvalue weighted by molar-refractivity contribution is -0.133. The van der Waals surface area contributed by atoms with Crippen molar-refractivity contribution in [2.24, 2.45) is 5.92 Å². The van der Waals surface area contributed by atoms with Gasteiger partial charge in [0.05, 0.1) is 11.5 Å². The first-order valence-electron chi connectivity index (χ1n) is 11.9. The number of rotatable bonds is 8. The monoisotopic (exact) mass is 497 g/mol. The third-order valence-electron chi connectivity index (χ3n) is 6.30. The number of amides is 2. The molecular formula is C26H31N3O5S. The van der Waals surface area contributed by atoms with Crippen LogP contribution in [0.5, 0.6) is 5.75 Å². The number of hydrogen-bond acceptors (Lipinski definition) is 5. The summed E-state index contributed by atoms with van der Waals surface area (Å²) >= 11 is 0. The topological polar surface area (TPSA) is 97.7 Å². The van der Waals surface area contributed by atoms with Gasteiger partial charge in [-0.05, 0) is 56.0 Å². The van der Waals surface area contributed by atoms with E-state index < -0.39 is 21.5 Å². The molecule has 0 radical (unpaired) electrons. The average molecular weight is 498 g/mol. The van der Waals surface area contributed by atoms with Crippen molar-refractivity contribution in [3.63, 3.8) is 0 Å². The van der Waals surface area contributed by atoms with Crippen LogP contribution < -0.4 is 10.1 Å². The van der Waals surface area contributed by atoms with Crippen LogP contribution in [0.1, 0.15) is 26.7 Å². The summed E-state index contributed by atoms with van der Waals surface area (Å²) in [5.74, 6) is -0.0949. The number of carbonyl (C=O) groups is 2. The van der Waals surface area contributed by atoms with E-state index in [1.165, 1.54) is 6.20 Å². The second-order valence-electron chi connectivity index (χ2n) is 8.97. The van der Waals surface area contributed by atoms with E-state index in [1.807, 2.05) is 11.8 Å². The summed E-state index contributed by atoms with van der Waals surface area (Å²) < 4.78 is 33.5. The molecule has 1 N–H and O–H groups in total. The van der Waals surface area contributed by atoms with Gasteiger partial charge >= 0.3 is 0 Å². The molecule has 1 aromatic heterocycles. The molecule has 186 valence electrons. The quantitative estimate of drug-likeness (QED) is 0.512. The van der Waals surface area contributed by atoms with Gasteiger partial charge in [0.25, 0.3) is 0 Å². The Balaban J connectivity index is 1.51. The summed E-state index contributed by atoms with van der Waals surface area (Å²) in [5, 5.41) is 3.13. The van der Waals surface area contributed by atoms with Crippen molar-refractivity contribution in [3.8, 4) is 5.75 Å². The summed E-state index contributed by atoms with van der Waals surface area (Å²) in [7, 11) is -3.95. The van der Waals surface area contributed by atoms with E-state index in [0.717, 1.165) is 25.9 Å². The Morgan fingerprint density at radius 2 is 1.74 bits per heavy atom. The van der Waals surface area contributed by atoms with Gasteiger partial charge in [-0.3, -0.25) is 9.59 Å². The number of anilines is 1. The minimum atomic E-state index is -3.95. The first-order chi connectivity index (χ1) is 16.8. The SMILES string of the molecule is CCOc1ccc(NC(=O)CS(=O)(=O)c2cn(CC(=O)N3CCC(C)CC3)c3ccccc23)cc1. The summed E-state index contributed by atoms with van der Waals surface area (Å²) in [6.45, 7) is 6.08. The summed E-state index contributed by atoms with van der Waals surface area (Å²) in [6, 6.07) is 13.8. The lowest BCUT2D eigenvalue weighted by Crippen LogP contribution is -2.39. The van der Waals surface area contributed by atoms with E-state index >= 15 is 0 Å². The van der Waals surface area contributed by atoms with Crippen LogP contribution in [0.2, 0.25) is 0 Å². The number of likely N-dealkylation sites (tertiary alicyclic amines) is 1. The third kappa shape index (κ3) is 5.85. The van der Waals surface area contributed by atoms with Gasteiger partial charge in [0.2, 0.25) is 11.8 Å². The predicted octanol–water partition coefficient (Wildman–Crippen LogP) is 3.71. The molecule has 2 heterocycles. The van der Waals surface area contributed by atoms with Crippen molar-refractivity contribution < 1.29 is 22.7 Å². The molecule has 8 nitrogen and oxygen atoms in total. The van der Waals surface area contributed by atoms with Crippen LogP contribution in [0.3, 0.4) is 0 Å². The number of nitrogens with zero attached hydrogens (tertiary/aromatic N) is 2. The predicted molar refractivity (Wildman–Crippen MR) is 135 cm³/mol. The summed E-state index contributed by atoms with van der Waals surface area (Å²) in [6.07, 6.45) is 3.43. The first kappa shape index (κ1) is 24.8. The van der Waals surface area contributed by atoms with Gasteiger partial charge in [-0.25, -0.2) is 8.42 Å². The molecule has 1 saturated heterocycles. The van der Waals surface area contributed by atoms with Crippen molar-refractivity contribution in [1.82, 2.24) is 9.47 Å². The molecule has 0 saturated carbocycles. The Morgan fingerprint density at radius 3 is 2.43 bits per heavy atom. The van der Waals surface area contributed by atoms with Crippen molar-refractivity contribution in [2.75, 3.05) is 30.8 Å². The number of fused-ring (bicyclic) bond motifs is 1. The maximum atomic E-state index is 13.2. The van der Waals surface area contributed by atoms with Gasteiger partial charge in [0.15, 0.2) is 9.84 Å². The summed E-state index contributed by atoms with van der Waals surface area (Å²) in [5.41, 5.74) is 1.13. The molecule has 2 amide bonds. The molecule has 2 aromatic carbocycles. The normalized spacial score (nSPS) is 14.7. The van der Waals surface area contributed by atoms with E-state index in [9.17, 15) is 18.0 Å². The molecule has 3 aromatic rings. The van der Waals surface area contributed by atoms with Gasteiger partial charge in [-0.2, -0.15) is 0 Å². The van der Waals surface area contributed by atoms with Crippen molar-refractivity contribution in [2.45, 2.75) is 38.1 Å². The van der Waals surface area contributed by atoms with E-state index in [2.05, 4.69) is 12.2 Å². The molecule has 1 aliphatic rings. The van der Waals surface area contributed by atoms with Gasteiger partial charge in [0, 0.05) is 35.9 Å². The number of hydrogen-bond donors (Lipinski definition) is 1. The van der Waals surface area contributed by atoms with Crippen LogP contribution in [-0.4, -0.2) is 55.1 Å². The molecule has 4 rings (SSSR count). The van der Waals surface area contributed by atoms with Crippen molar-refractivity contribution in [3.05, 3.63) is 54.7 Å². The van der Waals surface area contributed by atoms with Crippen LogP contribution in [0.4, 0.5) is 5.69 Å². The standard InChI is InChI=1S/C26H31N3O5S/c1-3-34-21-10-8-20(9-11-21)27-25(30)18-35(32,33)24-16-29(23-7-5-4-6-22(23)24)17-26(31)28-14-12-19(2)13-15-28/h4-11,16,19H,3,12-15,17-18H2,1-2H3,(H,27,30). The van der Waals surface area contributed by atoms with E-state index in [1.54, 1.807) is 53.1 Å². The Hall–Kier alpha value is -3.33. The van der Waals surface area contributed by atoms with Crippen molar-refractivity contribution in [1.29, 1.82) is 0 Å². The number of nitrogens with one attached hydrogen (secondary N) is 1. The molecule has 1 aliphatic heterocycles. The molecule has 0 spiro atoms. The van der Waals surface area contributed by atoms with Crippen LogP contribution >= 0.6 is 0 Å². The van der Waals surface area contributed by atoms with E-state index in [-0.39, 0.29) is 17.3 Å².